The normalized spacial score (nSPS) is 12.4. The van der Waals surface area contributed by atoms with Gasteiger partial charge in [-0.05, 0) is 38.7 Å². The number of ketones is 1. The predicted molar refractivity (Wildman–Crippen MR) is 106 cm³/mol. The molecule has 1 amide bonds. The Hall–Kier alpha value is -2.11. The van der Waals surface area contributed by atoms with Gasteiger partial charge in [0.05, 0.1) is 13.2 Å². The first kappa shape index (κ1) is 22.9. The van der Waals surface area contributed by atoms with Gasteiger partial charge in [-0.3, -0.25) is 9.59 Å². The van der Waals surface area contributed by atoms with Crippen molar-refractivity contribution in [2.75, 3.05) is 13.7 Å². The summed E-state index contributed by atoms with van der Waals surface area (Å²) >= 11 is 0. The maximum Gasteiger partial charge on any atom is 0.354 e. The van der Waals surface area contributed by atoms with Crippen LogP contribution < -0.4 is 0 Å². The second kappa shape index (κ2) is 9.20. The molecular formula is C21H34N2O4. The monoisotopic (exact) mass is 378 g/mol. The highest BCUT2D eigenvalue weighted by Gasteiger charge is 2.32. The third-order valence-corrected chi connectivity index (χ3v) is 5.13. The Balaban J connectivity index is 3.32. The molecule has 1 rings (SSSR count). The lowest BCUT2D eigenvalue weighted by atomic mass is 9.98. The molecule has 27 heavy (non-hydrogen) atoms. The third-order valence-electron chi connectivity index (χ3n) is 5.13. The van der Waals surface area contributed by atoms with E-state index in [1.807, 2.05) is 20.8 Å². The SMILES string of the molecule is COC(=O)c1c(C)c(C(=O)[C@H](C)N(CCC(C)C)C(=O)C(C)C)c(C)n1C. The maximum absolute atomic E-state index is 13.3. The van der Waals surface area contributed by atoms with Crippen LogP contribution in [0.25, 0.3) is 0 Å². The number of aromatic nitrogens is 1. The van der Waals surface area contributed by atoms with Gasteiger partial charge in [-0.2, -0.15) is 0 Å². The maximum atomic E-state index is 13.3. The van der Waals surface area contributed by atoms with Crippen LogP contribution in [-0.4, -0.2) is 46.8 Å². The minimum Gasteiger partial charge on any atom is -0.464 e. The van der Waals surface area contributed by atoms with E-state index in [9.17, 15) is 14.4 Å². The zero-order valence-corrected chi connectivity index (χ0v) is 18.2. The van der Waals surface area contributed by atoms with Gasteiger partial charge in [0.25, 0.3) is 0 Å². The number of amides is 1. The van der Waals surface area contributed by atoms with E-state index >= 15 is 0 Å². The van der Waals surface area contributed by atoms with Crippen LogP contribution >= 0.6 is 0 Å². The van der Waals surface area contributed by atoms with Gasteiger partial charge < -0.3 is 14.2 Å². The van der Waals surface area contributed by atoms with Crippen molar-refractivity contribution in [3.05, 3.63) is 22.5 Å². The third kappa shape index (κ3) is 4.79. The number of carbonyl (C=O) groups excluding carboxylic acids is 3. The molecule has 1 aromatic heterocycles. The van der Waals surface area contributed by atoms with Crippen LogP contribution in [0.5, 0.6) is 0 Å². The van der Waals surface area contributed by atoms with E-state index in [4.69, 9.17) is 4.74 Å². The molecule has 1 aromatic rings. The number of hydrogen-bond donors (Lipinski definition) is 0. The van der Waals surface area contributed by atoms with E-state index in [1.54, 1.807) is 30.4 Å². The van der Waals surface area contributed by atoms with Gasteiger partial charge in [0.15, 0.2) is 5.78 Å². The summed E-state index contributed by atoms with van der Waals surface area (Å²) in [7, 11) is 3.06. The van der Waals surface area contributed by atoms with Crippen LogP contribution in [-0.2, 0) is 16.6 Å². The standard InChI is InChI=1S/C21H34N2O4/c1-12(2)10-11-23(20(25)13(3)4)16(7)19(24)17-14(5)18(21(26)27-9)22(8)15(17)6/h12-13,16H,10-11H2,1-9H3/t16-/m0/s1. The predicted octanol–water partition coefficient (Wildman–Crippen LogP) is 3.53. The fourth-order valence-electron chi connectivity index (χ4n) is 3.30. The zero-order chi connectivity index (χ0) is 21.0. The summed E-state index contributed by atoms with van der Waals surface area (Å²) in [6.45, 7) is 13.7. The van der Waals surface area contributed by atoms with Crippen LogP contribution in [0.3, 0.4) is 0 Å². The van der Waals surface area contributed by atoms with Crippen LogP contribution in [0.15, 0.2) is 0 Å². The molecule has 0 saturated heterocycles. The number of hydrogen-bond acceptors (Lipinski definition) is 4. The van der Waals surface area contributed by atoms with E-state index < -0.39 is 12.0 Å². The lowest BCUT2D eigenvalue weighted by Gasteiger charge is -2.31. The Kier molecular flexibility index (Phi) is 7.81. The number of nitrogens with zero attached hydrogens (tertiary/aromatic N) is 2. The van der Waals surface area contributed by atoms with E-state index in [1.165, 1.54) is 7.11 Å². The Labute approximate surface area is 162 Å². The van der Waals surface area contributed by atoms with E-state index in [2.05, 4.69) is 13.8 Å². The molecule has 6 nitrogen and oxygen atoms in total. The molecular weight excluding hydrogens is 344 g/mol. The number of Topliss-reactive ketones (excluding diaryl/α,β-unsaturated/α-hetero) is 1. The van der Waals surface area contributed by atoms with Crippen molar-refractivity contribution in [3.8, 4) is 0 Å². The summed E-state index contributed by atoms with van der Waals surface area (Å²) in [6.07, 6.45) is 0.830. The summed E-state index contributed by atoms with van der Waals surface area (Å²) in [6, 6.07) is -0.594. The molecule has 0 spiro atoms. The number of carbonyl (C=O) groups is 3. The molecule has 0 radical (unpaired) electrons. The van der Waals surface area contributed by atoms with Gasteiger partial charge in [-0.15, -0.1) is 0 Å². The minimum absolute atomic E-state index is 0.0315. The molecule has 6 heteroatoms. The fourth-order valence-corrected chi connectivity index (χ4v) is 3.30. The first-order valence-electron chi connectivity index (χ1n) is 9.54. The van der Waals surface area contributed by atoms with E-state index in [0.717, 1.165) is 6.42 Å². The Morgan fingerprint density at radius 3 is 2.07 bits per heavy atom. The van der Waals surface area contributed by atoms with Crippen molar-refractivity contribution in [1.82, 2.24) is 9.47 Å². The smallest absolute Gasteiger partial charge is 0.354 e. The summed E-state index contributed by atoms with van der Waals surface area (Å²) in [5.74, 6) is -0.402. The average Bonchev–Trinajstić information content (AvgIpc) is 2.82. The first-order valence-corrected chi connectivity index (χ1v) is 9.54. The second-order valence-corrected chi connectivity index (χ2v) is 7.89. The Morgan fingerprint density at radius 2 is 1.63 bits per heavy atom. The molecule has 152 valence electrons. The first-order chi connectivity index (χ1) is 12.4. The minimum atomic E-state index is -0.594. The van der Waals surface area contributed by atoms with E-state index in [0.29, 0.717) is 35.0 Å². The van der Waals surface area contributed by atoms with Gasteiger partial charge in [-0.1, -0.05) is 27.7 Å². The van der Waals surface area contributed by atoms with Gasteiger partial charge in [0.2, 0.25) is 5.91 Å². The lowest BCUT2D eigenvalue weighted by Crippen LogP contribution is -2.46. The van der Waals surface area contributed by atoms with Crippen molar-refractivity contribution in [1.29, 1.82) is 0 Å². The summed E-state index contributed by atoms with van der Waals surface area (Å²) in [5.41, 5.74) is 2.16. The molecule has 1 heterocycles. The molecule has 0 aliphatic carbocycles. The van der Waals surface area contributed by atoms with Crippen molar-refractivity contribution in [2.45, 2.75) is 60.9 Å². The highest BCUT2D eigenvalue weighted by atomic mass is 16.5. The molecule has 0 saturated carbocycles. The Morgan fingerprint density at radius 1 is 1.07 bits per heavy atom. The zero-order valence-electron chi connectivity index (χ0n) is 18.2. The van der Waals surface area contributed by atoms with Crippen LogP contribution in [0.1, 0.15) is 73.1 Å². The average molecular weight is 379 g/mol. The highest BCUT2D eigenvalue weighted by Crippen LogP contribution is 2.25. The number of methoxy groups -OCH3 is 1. The summed E-state index contributed by atoms with van der Waals surface area (Å²) in [5, 5.41) is 0. The topological polar surface area (TPSA) is 68.6 Å². The molecule has 0 N–H and O–H groups in total. The molecule has 1 atom stereocenters. The van der Waals surface area contributed by atoms with Crippen LogP contribution in [0, 0.1) is 25.7 Å². The fraction of sp³-hybridized carbons (Fsp3) is 0.667. The number of esters is 1. The molecule has 0 bridgehead atoms. The van der Waals surface area contributed by atoms with Gasteiger partial charge in [0.1, 0.15) is 5.69 Å². The van der Waals surface area contributed by atoms with Crippen molar-refractivity contribution >= 4 is 17.7 Å². The van der Waals surface area contributed by atoms with Crippen molar-refractivity contribution < 1.29 is 19.1 Å². The molecule has 0 aromatic carbocycles. The van der Waals surface area contributed by atoms with Gasteiger partial charge in [-0.25, -0.2) is 4.79 Å². The van der Waals surface area contributed by atoms with Gasteiger partial charge in [0, 0.05) is 30.8 Å². The van der Waals surface area contributed by atoms with Crippen LogP contribution in [0.2, 0.25) is 0 Å². The highest BCUT2D eigenvalue weighted by molar-refractivity contribution is 6.06. The van der Waals surface area contributed by atoms with Crippen molar-refractivity contribution in [3.63, 3.8) is 0 Å². The Bertz CT molecular complexity index is 716. The quantitative estimate of drug-likeness (QED) is 0.513. The lowest BCUT2D eigenvalue weighted by molar-refractivity contribution is -0.135. The number of ether oxygens (including phenoxy) is 1. The van der Waals surface area contributed by atoms with Gasteiger partial charge >= 0.3 is 5.97 Å². The summed E-state index contributed by atoms with van der Waals surface area (Å²) in [4.78, 5) is 39.8. The van der Waals surface area contributed by atoms with E-state index in [-0.39, 0.29) is 17.6 Å². The number of rotatable bonds is 8. The summed E-state index contributed by atoms with van der Waals surface area (Å²) < 4.78 is 6.54. The molecule has 0 fully saturated rings. The molecule has 0 aliphatic heterocycles. The largest absolute Gasteiger partial charge is 0.464 e. The molecule has 0 aliphatic rings. The van der Waals surface area contributed by atoms with Crippen LogP contribution in [0.4, 0.5) is 0 Å². The van der Waals surface area contributed by atoms with Crippen molar-refractivity contribution in [2.24, 2.45) is 18.9 Å². The molecule has 0 unspecified atom stereocenters. The second-order valence-electron chi connectivity index (χ2n) is 7.89.